The minimum Gasteiger partial charge on any atom is -0.385 e. The number of hydrogen-bond donors (Lipinski definition) is 1. The molecule has 1 aliphatic rings. The van der Waals surface area contributed by atoms with Crippen molar-refractivity contribution in [2.24, 2.45) is 0 Å². The first-order valence-corrected chi connectivity index (χ1v) is 6.75. The highest BCUT2D eigenvalue weighted by molar-refractivity contribution is 5.26. The third-order valence-corrected chi connectivity index (χ3v) is 3.56. The lowest BCUT2D eigenvalue weighted by molar-refractivity contribution is 0.197. The molecule has 1 N–H and O–H groups in total. The largest absolute Gasteiger partial charge is 0.385 e. The zero-order valence-corrected chi connectivity index (χ0v) is 11.4. The van der Waals surface area contributed by atoms with Gasteiger partial charge < -0.3 is 19.5 Å². The molecular weight excluding hydrogens is 228 g/mol. The van der Waals surface area contributed by atoms with Crippen LogP contribution in [0.2, 0.25) is 0 Å². The molecule has 1 aliphatic heterocycles. The van der Waals surface area contributed by atoms with E-state index in [0.29, 0.717) is 6.04 Å². The first kappa shape index (κ1) is 13.4. The van der Waals surface area contributed by atoms with E-state index in [1.165, 1.54) is 25.9 Å². The predicted molar refractivity (Wildman–Crippen MR) is 73.0 cm³/mol. The number of nitrogens with zero attached hydrogens (tertiary/aromatic N) is 3. The molecule has 0 saturated carbocycles. The maximum absolute atomic E-state index is 5.05. The zero-order valence-electron chi connectivity index (χ0n) is 11.4. The van der Waals surface area contributed by atoms with Crippen LogP contribution in [-0.2, 0) is 4.74 Å². The van der Waals surface area contributed by atoms with Gasteiger partial charge in [-0.3, -0.25) is 0 Å². The van der Waals surface area contributed by atoms with E-state index in [2.05, 4.69) is 33.0 Å². The van der Waals surface area contributed by atoms with Gasteiger partial charge in [0.2, 0.25) is 5.95 Å². The molecule has 18 heavy (non-hydrogen) atoms. The van der Waals surface area contributed by atoms with Crippen LogP contribution in [0.5, 0.6) is 0 Å². The summed E-state index contributed by atoms with van der Waals surface area (Å²) in [6.07, 6.45) is 7.40. The summed E-state index contributed by atoms with van der Waals surface area (Å²) in [6, 6.07) is 0.591. The van der Waals surface area contributed by atoms with E-state index >= 15 is 0 Å². The summed E-state index contributed by atoms with van der Waals surface area (Å²) >= 11 is 0. The summed E-state index contributed by atoms with van der Waals surface area (Å²) < 4.78 is 7.34. The van der Waals surface area contributed by atoms with Crippen LogP contribution >= 0.6 is 0 Å². The number of aromatic nitrogens is 2. The topological polar surface area (TPSA) is 42.3 Å². The van der Waals surface area contributed by atoms with Crippen LogP contribution in [-0.4, -0.2) is 54.8 Å². The second-order valence-corrected chi connectivity index (χ2v) is 4.97. The standard InChI is InChI=1S/C13H24N4O/c1-16-8-4-12(5-9-16)17-10-7-15-13(17)14-6-3-11-18-2/h7,10,12H,3-6,8-9,11H2,1-2H3,(H,14,15). The van der Waals surface area contributed by atoms with Crippen molar-refractivity contribution in [2.45, 2.75) is 25.3 Å². The molecule has 2 heterocycles. The Bertz CT molecular complexity index is 345. The van der Waals surface area contributed by atoms with Gasteiger partial charge in [0.05, 0.1) is 0 Å². The summed E-state index contributed by atoms with van der Waals surface area (Å²) in [6.45, 7) is 4.05. The summed E-state index contributed by atoms with van der Waals surface area (Å²) in [5.74, 6) is 1.00. The lowest BCUT2D eigenvalue weighted by atomic mass is 10.1. The van der Waals surface area contributed by atoms with Crippen LogP contribution in [0.25, 0.3) is 0 Å². The second kappa shape index (κ2) is 6.75. The van der Waals surface area contributed by atoms with Crippen molar-refractivity contribution in [2.75, 3.05) is 45.7 Å². The molecular formula is C13H24N4O. The molecule has 102 valence electrons. The lowest BCUT2D eigenvalue weighted by Gasteiger charge is -2.30. The number of ether oxygens (including phenoxy) is 1. The molecule has 1 aromatic heterocycles. The van der Waals surface area contributed by atoms with E-state index in [1.807, 2.05) is 6.20 Å². The van der Waals surface area contributed by atoms with Crippen molar-refractivity contribution in [1.82, 2.24) is 14.5 Å². The number of methoxy groups -OCH3 is 1. The Kier molecular flexibility index (Phi) is 5.01. The highest BCUT2D eigenvalue weighted by atomic mass is 16.5. The molecule has 0 unspecified atom stereocenters. The van der Waals surface area contributed by atoms with Gasteiger partial charge in [0, 0.05) is 38.7 Å². The maximum atomic E-state index is 5.05. The number of likely N-dealkylation sites (tertiary alicyclic amines) is 1. The monoisotopic (exact) mass is 252 g/mol. The minimum atomic E-state index is 0.591. The molecule has 0 aliphatic carbocycles. The second-order valence-electron chi connectivity index (χ2n) is 4.97. The van der Waals surface area contributed by atoms with Crippen LogP contribution in [0.4, 0.5) is 5.95 Å². The first-order chi connectivity index (χ1) is 8.81. The van der Waals surface area contributed by atoms with Crippen LogP contribution < -0.4 is 5.32 Å². The van der Waals surface area contributed by atoms with Crippen LogP contribution in [0, 0.1) is 0 Å². The van der Waals surface area contributed by atoms with Crippen molar-refractivity contribution >= 4 is 5.95 Å². The van der Waals surface area contributed by atoms with E-state index in [4.69, 9.17) is 4.74 Å². The van der Waals surface area contributed by atoms with E-state index < -0.39 is 0 Å². The van der Waals surface area contributed by atoms with E-state index in [9.17, 15) is 0 Å². The number of anilines is 1. The summed E-state index contributed by atoms with van der Waals surface area (Å²) in [5.41, 5.74) is 0. The van der Waals surface area contributed by atoms with Crippen LogP contribution in [0.3, 0.4) is 0 Å². The van der Waals surface area contributed by atoms with Gasteiger partial charge in [-0.15, -0.1) is 0 Å². The van der Waals surface area contributed by atoms with Gasteiger partial charge in [-0.05, 0) is 39.4 Å². The molecule has 0 radical (unpaired) electrons. The number of nitrogens with one attached hydrogen (secondary N) is 1. The van der Waals surface area contributed by atoms with Gasteiger partial charge in [0.25, 0.3) is 0 Å². The van der Waals surface area contributed by atoms with Crippen LogP contribution in [0.1, 0.15) is 25.3 Å². The quantitative estimate of drug-likeness (QED) is 0.781. The molecule has 0 bridgehead atoms. The predicted octanol–water partition coefficient (Wildman–Crippen LogP) is 1.60. The molecule has 1 fully saturated rings. The van der Waals surface area contributed by atoms with Gasteiger partial charge in [0.1, 0.15) is 0 Å². The SMILES string of the molecule is COCCCNc1nccn1C1CCN(C)CC1. The molecule has 0 spiro atoms. The van der Waals surface area contributed by atoms with Crippen LogP contribution in [0.15, 0.2) is 12.4 Å². The molecule has 1 saturated heterocycles. The number of hydrogen-bond acceptors (Lipinski definition) is 4. The van der Waals surface area contributed by atoms with Gasteiger partial charge in [-0.2, -0.15) is 0 Å². The first-order valence-electron chi connectivity index (χ1n) is 6.75. The van der Waals surface area contributed by atoms with Gasteiger partial charge >= 0.3 is 0 Å². The Morgan fingerprint density at radius 1 is 1.44 bits per heavy atom. The number of rotatable bonds is 6. The number of piperidine rings is 1. The van der Waals surface area contributed by atoms with Gasteiger partial charge in [-0.25, -0.2) is 4.98 Å². The normalized spacial score (nSPS) is 18.1. The Hall–Kier alpha value is -1.07. The zero-order chi connectivity index (χ0) is 12.8. The van der Waals surface area contributed by atoms with E-state index in [-0.39, 0.29) is 0 Å². The summed E-state index contributed by atoms with van der Waals surface area (Å²) in [5, 5.41) is 3.39. The molecule has 1 aromatic rings. The van der Waals surface area contributed by atoms with Gasteiger partial charge in [0.15, 0.2) is 0 Å². The fourth-order valence-corrected chi connectivity index (χ4v) is 2.43. The Morgan fingerprint density at radius 2 is 2.22 bits per heavy atom. The van der Waals surface area contributed by atoms with Crippen molar-refractivity contribution in [3.8, 4) is 0 Å². The molecule has 2 rings (SSSR count). The molecule has 0 amide bonds. The average molecular weight is 252 g/mol. The molecule has 5 heteroatoms. The molecule has 5 nitrogen and oxygen atoms in total. The third-order valence-electron chi connectivity index (χ3n) is 3.56. The number of imidazole rings is 1. The van der Waals surface area contributed by atoms with Gasteiger partial charge in [-0.1, -0.05) is 0 Å². The van der Waals surface area contributed by atoms with Crippen molar-refractivity contribution in [3.63, 3.8) is 0 Å². The Labute approximate surface area is 109 Å². The average Bonchev–Trinajstić information content (AvgIpc) is 2.84. The van der Waals surface area contributed by atoms with E-state index in [0.717, 1.165) is 25.5 Å². The highest BCUT2D eigenvalue weighted by Gasteiger charge is 2.19. The minimum absolute atomic E-state index is 0.591. The summed E-state index contributed by atoms with van der Waals surface area (Å²) in [4.78, 5) is 6.79. The van der Waals surface area contributed by atoms with Crippen molar-refractivity contribution < 1.29 is 4.74 Å². The highest BCUT2D eigenvalue weighted by Crippen LogP contribution is 2.24. The fourth-order valence-electron chi connectivity index (χ4n) is 2.43. The Morgan fingerprint density at radius 3 is 2.94 bits per heavy atom. The summed E-state index contributed by atoms with van der Waals surface area (Å²) in [7, 11) is 3.92. The maximum Gasteiger partial charge on any atom is 0.203 e. The Balaban J connectivity index is 1.87. The van der Waals surface area contributed by atoms with Crippen molar-refractivity contribution in [1.29, 1.82) is 0 Å². The fraction of sp³-hybridized carbons (Fsp3) is 0.769. The molecule has 0 atom stereocenters. The smallest absolute Gasteiger partial charge is 0.203 e. The third kappa shape index (κ3) is 3.46. The van der Waals surface area contributed by atoms with E-state index in [1.54, 1.807) is 7.11 Å². The van der Waals surface area contributed by atoms with Crippen molar-refractivity contribution in [3.05, 3.63) is 12.4 Å². The molecule has 0 aromatic carbocycles. The lowest BCUT2D eigenvalue weighted by Crippen LogP contribution is -2.31.